The van der Waals surface area contributed by atoms with Gasteiger partial charge in [0, 0.05) is 23.1 Å². The highest BCUT2D eigenvalue weighted by molar-refractivity contribution is 6.01. The molecule has 7 nitrogen and oxygen atoms in total. The number of hydrogen-bond acceptors (Lipinski definition) is 7. The van der Waals surface area contributed by atoms with E-state index in [1.54, 1.807) is 0 Å². The smallest absolute Gasteiger partial charge is 0.307 e. The number of ether oxygens (including phenoxy) is 2. The number of hydrogen-bond donors (Lipinski definition) is 0. The van der Waals surface area contributed by atoms with E-state index in [0.29, 0.717) is 13.0 Å². The zero-order chi connectivity index (χ0) is 23.4. The summed E-state index contributed by atoms with van der Waals surface area (Å²) in [4.78, 5) is 24.0. The first-order chi connectivity index (χ1) is 15.9. The largest absolute Gasteiger partial charge is 0.489 e. The maximum Gasteiger partial charge on any atom is 0.307 e. The summed E-state index contributed by atoms with van der Waals surface area (Å²) in [7, 11) is 5.25. The summed E-state index contributed by atoms with van der Waals surface area (Å²) in [5, 5.41) is 5.38. The molecule has 0 N–H and O–H groups in total. The second-order valence-electron chi connectivity index (χ2n) is 8.45. The lowest BCUT2D eigenvalue weighted by Gasteiger charge is -2.27. The van der Waals surface area contributed by atoms with Crippen LogP contribution in [0.3, 0.4) is 0 Å². The molecule has 0 radical (unpaired) electrons. The van der Waals surface area contributed by atoms with E-state index in [9.17, 15) is 4.79 Å². The molecular formula is C26H29N3O4. The third-order valence-corrected chi connectivity index (χ3v) is 5.90. The highest BCUT2D eigenvalue weighted by atomic mass is 16.6. The highest BCUT2D eigenvalue weighted by Crippen LogP contribution is 2.25. The first-order valence-corrected chi connectivity index (χ1v) is 11.0. The number of nitrogens with zero attached hydrogens (tertiary/aromatic N) is 3. The Kier molecular flexibility index (Phi) is 6.89. The van der Waals surface area contributed by atoms with Crippen molar-refractivity contribution in [1.82, 2.24) is 9.88 Å². The van der Waals surface area contributed by atoms with Gasteiger partial charge in [0.05, 0.1) is 30.8 Å². The fraction of sp³-hybridized carbons (Fsp3) is 0.346. The zero-order valence-corrected chi connectivity index (χ0v) is 19.4. The Hall–Kier alpha value is -3.45. The number of aryl methyl sites for hydroxylation is 1. The summed E-state index contributed by atoms with van der Waals surface area (Å²) < 4.78 is 10.9. The Labute approximate surface area is 194 Å². The van der Waals surface area contributed by atoms with Crippen molar-refractivity contribution in [1.29, 1.82) is 0 Å². The van der Waals surface area contributed by atoms with Crippen molar-refractivity contribution in [3.63, 3.8) is 0 Å². The number of aromatic nitrogens is 1. The molecule has 172 valence electrons. The van der Waals surface area contributed by atoms with E-state index in [0.717, 1.165) is 39.2 Å². The second kappa shape index (κ2) is 10.0. The van der Waals surface area contributed by atoms with Gasteiger partial charge in [-0.15, -0.1) is 0 Å². The topological polar surface area (TPSA) is 73.2 Å². The minimum atomic E-state index is -0.260. The van der Waals surface area contributed by atoms with E-state index in [1.807, 2.05) is 68.4 Å². The van der Waals surface area contributed by atoms with Crippen molar-refractivity contribution in [3.05, 3.63) is 71.4 Å². The average molecular weight is 448 g/mol. The molecule has 3 aromatic rings. The van der Waals surface area contributed by atoms with E-state index < -0.39 is 0 Å². The second-order valence-corrected chi connectivity index (χ2v) is 8.45. The number of methoxy groups -OCH3 is 1. The Morgan fingerprint density at radius 2 is 1.94 bits per heavy atom. The number of likely N-dealkylation sites (N-methyl/N-ethyl adjacent to an activating group) is 1. The van der Waals surface area contributed by atoms with Crippen molar-refractivity contribution in [2.24, 2.45) is 5.16 Å². The normalized spacial score (nSPS) is 16.4. The molecule has 0 fully saturated rings. The summed E-state index contributed by atoms with van der Waals surface area (Å²) >= 11 is 0. The Bertz CT molecular complexity index is 1160. The molecule has 0 saturated heterocycles. The molecule has 33 heavy (non-hydrogen) atoms. The van der Waals surface area contributed by atoms with Crippen LogP contribution in [0, 0.1) is 6.92 Å². The van der Waals surface area contributed by atoms with Gasteiger partial charge in [-0.05, 0) is 63.0 Å². The maximum absolute atomic E-state index is 11.8. The number of rotatable bonds is 8. The number of para-hydroxylation sites is 1. The first-order valence-electron chi connectivity index (χ1n) is 11.0. The molecule has 2 heterocycles. The fourth-order valence-electron chi connectivity index (χ4n) is 4.09. The lowest BCUT2D eigenvalue weighted by molar-refractivity contribution is -0.143. The van der Waals surface area contributed by atoms with Crippen LogP contribution in [0.25, 0.3) is 10.9 Å². The van der Waals surface area contributed by atoms with Gasteiger partial charge in [0.25, 0.3) is 0 Å². The maximum atomic E-state index is 11.8. The standard InChI is InChI=1S/C26H29N3O4/c1-17-13-19(21-7-5-6-8-22(21)27-17)16-32-20-11-9-18(10-12-20)23-14-25(33-28-23)24(29(2)3)15-26(30)31-4/h5-13,24-25H,14-16H2,1-4H3. The Morgan fingerprint density at radius 3 is 2.67 bits per heavy atom. The van der Waals surface area contributed by atoms with Crippen molar-refractivity contribution < 1.29 is 19.1 Å². The summed E-state index contributed by atoms with van der Waals surface area (Å²) in [6, 6.07) is 17.9. The van der Waals surface area contributed by atoms with Gasteiger partial charge in [0.15, 0.2) is 0 Å². The first kappa shape index (κ1) is 22.7. The van der Waals surface area contributed by atoms with E-state index in [2.05, 4.69) is 22.3 Å². The summed E-state index contributed by atoms with van der Waals surface area (Å²) in [5.74, 6) is 0.523. The fourth-order valence-corrected chi connectivity index (χ4v) is 4.09. The van der Waals surface area contributed by atoms with Crippen LogP contribution in [0.2, 0.25) is 0 Å². The minimum absolute atomic E-state index is 0.111. The lowest BCUT2D eigenvalue weighted by atomic mass is 9.98. The quantitative estimate of drug-likeness (QED) is 0.484. The predicted molar refractivity (Wildman–Crippen MR) is 127 cm³/mol. The van der Waals surface area contributed by atoms with Crippen molar-refractivity contribution in [2.75, 3.05) is 21.2 Å². The molecule has 1 aliphatic rings. The molecule has 2 atom stereocenters. The van der Waals surface area contributed by atoms with Gasteiger partial charge in [-0.3, -0.25) is 9.78 Å². The van der Waals surface area contributed by atoms with Crippen molar-refractivity contribution in [3.8, 4) is 5.75 Å². The molecule has 2 aromatic carbocycles. The summed E-state index contributed by atoms with van der Waals surface area (Å²) in [5.41, 5.74) is 4.90. The number of fused-ring (bicyclic) bond motifs is 1. The van der Waals surface area contributed by atoms with Crippen LogP contribution in [-0.2, 0) is 21.0 Å². The van der Waals surface area contributed by atoms with Crippen molar-refractivity contribution >= 4 is 22.6 Å². The van der Waals surface area contributed by atoms with Gasteiger partial charge in [0.2, 0.25) is 0 Å². The van der Waals surface area contributed by atoms with Gasteiger partial charge in [-0.25, -0.2) is 0 Å². The van der Waals surface area contributed by atoms with Gasteiger partial charge in [-0.2, -0.15) is 0 Å². The number of carbonyl (C=O) groups excluding carboxylic acids is 1. The number of pyridine rings is 1. The van der Waals surface area contributed by atoms with Gasteiger partial charge in [0.1, 0.15) is 18.5 Å². The van der Waals surface area contributed by atoms with Gasteiger partial charge in [-0.1, -0.05) is 23.4 Å². The van der Waals surface area contributed by atoms with E-state index >= 15 is 0 Å². The SMILES string of the molecule is COC(=O)CC(C1CC(c2ccc(OCc3cc(C)nc4ccccc34)cc2)=NO1)N(C)C. The molecule has 7 heteroatoms. The molecule has 1 aromatic heterocycles. The highest BCUT2D eigenvalue weighted by Gasteiger charge is 2.33. The Balaban J connectivity index is 1.40. The molecular weight excluding hydrogens is 418 g/mol. The molecule has 2 unspecified atom stereocenters. The number of benzene rings is 2. The van der Waals surface area contributed by atoms with Crippen LogP contribution in [0.15, 0.2) is 59.8 Å². The number of carbonyl (C=O) groups is 1. The van der Waals surface area contributed by atoms with E-state index in [1.165, 1.54) is 7.11 Å². The predicted octanol–water partition coefficient (Wildman–Crippen LogP) is 4.11. The third-order valence-electron chi connectivity index (χ3n) is 5.90. The molecule has 0 spiro atoms. The summed E-state index contributed by atoms with van der Waals surface area (Å²) in [6.07, 6.45) is 0.683. The lowest BCUT2D eigenvalue weighted by Crippen LogP contribution is -2.41. The average Bonchev–Trinajstić information content (AvgIpc) is 3.30. The number of esters is 1. The minimum Gasteiger partial charge on any atom is -0.489 e. The molecule has 0 amide bonds. The van der Waals surface area contributed by atoms with Gasteiger partial charge < -0.3 is 19.2 Å². The third kappa shape index (κ3) is 5.31. The van der Waals surface area contributed by atoms with Crippen LogP contribution in [0.5, 0.6) is 5.75 Å². The van der Waals surface area contributed by atoms with Crippen LogP contribution in [0.4, 0.5) is 0 Å². The molecule has 1 aliphatic heterocycles. The molecule has 0 bridgehead atoms. The van der Waals surface area contributed by atoms with Crippen molar-refractivity contribution in [2.45, 2.75) is 38.5 Å². The van der Waals surface area contributed by atoms with E-state index in [4.69, 9.17) is 14.3 Å². The van der Waals surface area contributed by atoms with Crippen LogP contribution < -0.4 is 4.74 Å². The Morgan fingerprint density at radius 1 is 1.18 bits per heavy atom. The molecule has 4 rings (SSSR count). The zero-order valence-electron chi connectivity index (χ0n) is 19.4. The van der Waals surface area contributed by atoms with Crippen LogP contribution in [0.1, 0.15) is 29.7 Å². The molecule has 0 aliphatic carbocycles. The van der Waals surface area contributed by atoms with Crippen LogP contribution in [-0.4, -0.2) is 54.9 Å². The van der Waals surface area contributed by atoms with E-state index in [-0.39, 0.29) is 24.5 Å². The van der Waals surface area contributed by atoms with Crippen LogP contribution >= 0.6 is 0 Å². The monoisotopic (exact) mass is 447 g/mol. The summed E-state index contributed by atoms with van der Waals surface area (Å²) in [6.45, 7) is 2.46. The molecule has 0 saturated carbocycles. The van der Waals surface area contributed by atoms with Gasteiger partial charge >= 0.3 is 5.97 Å². The number of oxime groups is 1.